The van der Waals surface area contributed by atoms with E-state index in [0.717, 1.165) is 43.4 Å². The number of fused-ring (bicyclic) bond motifs is 3. The summed E-state index contributed by atoms with van der Waals surface area (Å²) in [5, 5.41) is 17.4. The molecule has 42 heavy (non-hydrogen) atoms. The molecule has 1 aromatic carbocycles. The fraction of sp³-hybridized carbons (Fsp3) is 0.290. The van der Waals surface area contributed by atoms with Gasteiger partial charge in [0.25, 0.3) is 5.56 Å². The van der Waals surface area contributed by atoms with Crippen molar-refractivity contribution in [2.75, 3.05) is 19.6 Å². The first-order valence-corrected chi connectivity index (χ1v) is 14.1. The topological polar surface area (TPSA) is 127 Å². The summed E-state index contributed by atoms with van der Waals surface area (Å²) in [4.78, 5) is 38.8. The minimum absolute atomic E-state index is 0.127. The van der Waals surface area contributed by atoms with Crippen LogP contribution in [-0.4, -0.2) is 60.8 Å². The molecule has 2 aliphatic rings. The third kappa shape index (κ3) is 7.65. The van der Waals surface area contributed by atoms with E-state index in [9.17, 15) is 14.4 Å². The Morgan fingerprint density at radius 3 is 2.45 bits per heavy atom. The first-order valence-electron chi connectivity index (χ1n) is 13.7. The Morgan fingerprint density at radius 1 is 1.00 bits per heavy atom. The van der Waals surface area contributed by atoms with Crippen molar-refractivity contribution in [3.8, 4) is 11.4 Å². The van der Waals surface area contributed by atoms with Crippen LogP contribution in [0.1, 0.15) is 24.2 Å². The van der Waals surface area contributed by atoms with Gasteiger partial charge >= 0.3 is 11.9 Å². The van der Waals surface area contributed by atoms with Gasteiger partial charge in [-0.05, 0) is 61.2 Å². The summed E-state index contributed by atoms with van der Waals surface area (Å²) >= 11 is 5.87. The summed E-state index contributed by atoms with van der Waals surface area (Å²) in [6.07, 6.45) is 8.35. The van der Waals surface area contributed by atoms with E-state index in [2.05, 4.69) is 32.7 Å². The number of nitrogens with zero attached hydrogens (tertiary/aromatic N) is 4. The predicted molar refractivity (Wildman–Crippen MR) is 158 cm³/mol. The van der Waals surface area contributed by atoms with E-state index in [0.29, 0.717) is 22.9 Å². The Hall–Kier alpha value is -4.41. The Balaban J connectivity index is 0.000000390. The number of halogens is 1. The highest BCUT2D eigenvalue weighted by Gasteiger charge is 2.25. The van der Waals surface area contributed by atoms with Crippen LogP contribution in [0.4, 0.5) is 0 Å². The van der Waals surface area contributed by atoms with Gasteiger partial charge in [-0.25, -0.2) is 9.59 Å². The highest BCUT2D eigenvalue weighted by atomic mass is 35.5. The van der Waals surface area contributed by atoms with E-state index in [1.165, 1.54) is 42.0 Å². The number of ether oxygens (including phenoxy) is 1. The van der Waals surface area contributed by atoms with Crippen molar-refractivity contribution in [2.24, 2.45) is 5.92 Å². The van der Waals surface area contributed by atoms with Gasteiger partial charge in [-0.1, -0.05) is 11.6 Å². The minimum Gasteiger partial charge on any atom is -0.487 e. The molecule has 10 nitrogen and oxygen atoms in total. The Kier molecular flexibility index (Phi) is 9.04. The fourth-order valence-corrected chi connectivity index (χ4v) is 5.08. The van der Waals surface area contributed by atoms with E-state index in [4.69, 9.17) is 26.6 Å². The molecule has 1 fully saturated rings. The first kappa shape index (κ1) is 29.1. The number of aliphatic carboxylic acids is 2. The van der Waals surface area contributed by atoms with Gasteiger partial charge in [0.15, 0.2) is 0 Å². The SMILES string of the molecule is O=C(O)/C=C\C(=O)O.O=c1cc(OCc2ccc(Cl)cn2)ccn1-c1ccc2c(c1)cc1n2CCN(CC2CC2)CC1. The molecule has 1 aliphatic heterocycles. The molecule has 1 aliphatic carbocycles. The fourth-order valence-electron chi connectivity index (χ4n) is 4.97. The lowest BCUT2D eigenvalue weighted by molar-refractivity contribution is -0.134. The largest absolute Gasteiger partial charge is 0.487 e. The van der Waals surface area contributed by atoms with Crippen LogP contribution in [0.2, 0.25) is 5.02 Å². The molecule has 11 heteroatoms. The van der Waals surface area contributed by atoms with Gasteiger partial charge in [0.2, 0.25) is 0 Å². The number of hydrogen-bond acceptors (Lipinski definition) is 6. The van der Waals surface area contributed by atoms with Gasteiger partial charge in [-0.15, -0.1) is 0 Å². The van der Waals surface area contributed by atoms with Crippen molar-refractivity contribution in [1.29, 1.82) is 0 Å². The number of hydrogen-bond donors (Lipinski definition) is 2. The monoisotopic (exact) mass is 590 g/mol. The molecule has 4 heterocycles. The molecule has 2 N–H and O–H groups in total. The van der Waals surface area contributed by atoms with Crippen LogP contribution in [0.3, 0.4) is 0 Å². The molecule has 4 aromatic rings. The van der Waals surface area contributed by atoms with Crippen molar-refractivity contribution in [1.82, 2.24) is 19.0 Å². The van der Waals surface area contributed by atoms with E-state index < -0.39 is 11.9 Å². The lowest BCUT2D eigenvalue weighted by Crippen LogP contribution is -2.29. The summed E-state index contributed by atoms with van der Waals surface area (Å²) in [5.74, 6) is -1.06. The number of carboxylic acid groups (broad SMARTS) is 2. The first-order chi connectivity index (χ1) is 20.2. The van der Waals surface area contributed by atoms with Crippen LogP contribution in [0.25, 0.3) is 16.6 Å². The summed E-state index contributed by atoms with van der Waals surface area (Å²) in [6.45, 7) is 4.81. The second-order valence-corrected chi connectivity index (χ2v) is 10.8. The Bertz CT molecular complexity index is 1660. The molecular formula is C31H31ClN4O6. The second-order valence-electron chi connectivity index (χ2n) is 10.4. The van der Waals surface area contributed by atoms with Gasteiger partial charge in [0.05, 0.1) is 10.7 Å². The molecule has 0 amide bonds. The molecule has 0 spiro atoms. The summed E-state index contributed by atoms with van der Waals surface area (Å²) in [7, 11) is 0. The molecule has 218 valence electrons. The van der Waals surface area contributed by atoms with E-state index in [1.807, 2.05) is 18.2 Å². The predicted octanol–water partition coefficient (Wildman–Crippen LogP) is 4.40. The van der Waals surface area contributed by atoms with Gasteiger partial charge in [0, 0.05) is 85.5 Å². The van der Waals surface area contributed by atoms with Crippen LogP contribution in [0, 0.1) is 5.92 Å². The van der Waals surface area contributed by atoms with E-state index in [1.54, 1.807) is 23.0 Å². The summed E-state index contributed by atoms with van der Waals surface area (Å²) in [6, 6.07) is 15.5. The number of aromatic nitrogens is 3. The Labute approximate surface area is 247 Å². The third-order valence-electron chi connectivity index (χ3n) is 7.22. The van der Waals surface area contributed by atoms with Crippen LogP contribution >= 0.6 is 11.6 Å². The number of rotatable bonds is 8. The molecule has 0 radical (unpaired) electrons. The van der Waals surface area contributed by atoms with Crippen molar-refractivity contribution < 1.29 is 24.5 Å². The van der Waals surface area contributed by atoms with E-state index >= 15 is 0 Å². The zero-order chi connectivity index (χ0) is 29.6. The normalized spacial score (nSPS) is 15.1. The van der Waals surface area contributed by atoms with Crippen LogP contribution < -0.4 is 10.3 Å². The van der Waals surface area contributed by atoms with Gasteiger partial charge < -0.3 is 24.4 Å². The average Bonchev–Trinajstić information content (AvgIpc) is 3.75. The molecule has 0 atom stereocenters. The van der Waals surface area contributed by atoms with Gasteiger partial charge in [0.1, 0.15) is 12.4 Å². The maximum atomic E-state index is 12.8. The quantitative estimate of drug-likeness (QED) is 0.289. The molecular weight excluding hydrogens is 560 g/mol. The molecule has 3 aromatic heterocycles. The minimum atomic E-state index is -1.26. The number of carboxylic acids is 2. The van der Waals surface area contributed by atoms with Crippen LogP contribution in [0.15, 0.2) is 77.9 Å². The number of pyridine rings is 2. The number of benzene rings is 1. The Morgan fingerprint density at radius 2 is 1.79 bits per heavy atom. The maximum Gasteiger partial charge on any atom is 0.328 e. The van der Waals surface area contributed by atoms with Gasteiger partial charge in [-0.3, -0.25) is 14.3 Å². The zero-order valence-electron chi connectivity index (χ0n) is 22.9. The third-order valence-corrected chi connectivity index (χ3v) is 7.44. The molecule has 6 rings (SSSR count). The van der Waals surface area contributed by atoms with E-state index in [-0.39, 0.29) is 12.2 Å². The summed E-state index contributed by atoms with van der Waals surface area (Å²) < 4.78 is 9.87. The smallest absolute Gasteiger partial charge is 0.328 e. The van der Waals surface area contributed by atoms with Crippen molar-refractivity contribution in [3.05, 3.63) is 99.8 Å². The standard InChI is InChI=1S/C27H27ClN4O2.C4H4O4/c28-21-3-4-22(29-16-21)18-34-25-8-10-32(27(33)15-25)23-5-6-26-20(13-23)14-24-7-9-30(11-12-31(24)26)17-19-1-2-19;5-3(6)1-2-4(7)8/h3-6,8,10,13-16,19H,1-2,7,9,11-12,17-18H2;1-2H,(H,5,6)(H,7,8)/b;2-1-. The second kappa shape index (κ2) is 13.1. The zero-order valence-corrected chi connectivity index (χ0v) is 23.6. The highest BCUT2D eigenvalue weighted by molar-refractivity contribution is 6.30. The average molecular weight is 591 g/mol. The van der Waals surface area contributed by atoms with Crippen LogP contribution in [0.5, 0.6) is 5.75 Å². The number of carbonyl (C=O) groups is 2. The molecule has 0 saturated heterocycles. The maximum absolute atomic E-state index is 12.8. The molecule has 0 bridgehead atoms. The lowest BCUT2D eigenvalue weighted by atomic mass is 10.2. The highest BCUT2D eigenvalue weighted by Crippen LogP contribution is 2.31. The van der Waals surface area contributed by atoms with Crippen molar-refractivity contribution in [3.63, 3.8) is 0 Å². The van der Waals surface area contributed by atoms with Crippen molar-refractivity contribution >= 4 is 34.4 Å². The van der Waals surface area contributed by atoms with Crippen molar-refractivity contribution in [2.45, 2.75) is 32.4 Å². The lowest BCUT2D eigenvalue weighted by Gasteiger charge is -2.19. The summed E-state index contributed by atoms with van der Waals surface area (Å²) in [5.41, 5.74) is 4.12. The van der Waals surface area contributed by atoms with Crippen LogP contribution in [-0.2, 0) is 29.2 Å². The van der Waals surface area contributed by atoms with Gasteiger partial charge in [-0.2, -0.15) is 0 Å². The molecule has 0 unspecified atom stereocenters. The molecule has 1 saturated carbocycles.